The van der Waals surface area contributed by atoms with Gasteiger partial charge in [-0.1, -0.05) is 24.3 Å². The zero-order valence-electron chi connectivity index (χ0n) is 19.2. The molecule has 1 aliphatic rings. The molecule has 4 rings (SSSR count). The van der Waals surface area contributed by atoms with Crippen molar-refractivity contribution in [1.82, 2.24) is 19.9 Å². The first-order chi connectivity index (χ1) is 16.5. The Balaban J connectivity index is 1.47. The molecule has 1 atom stereocenters. The number of methoxy groups -OCH3 is 1. The predicted molar refractivity (Wildman–Crippen MR) is 132 cm³/mol. The topological polar surface area (TPSA) is 118 Å². The van der Waals surface area contributed by atoms with Gasteiger partial charge in [0.15, 0.2) is 10.8 Å². The molecule has 10 nitrogen and oxygen atoms in total. The summed E-state index contributed by atoms with van der Waals surface area (Å²) in [7, 11) is 1.55. The lowest BCUT2D eigenvalue weighted by molar-refractivity contribution is -0.125. The Morgan fingerprint density at radius 1 is 1.32 bits per heavy atom. The fraction of sp³-hybridized carbons (Fsp3) is 0.435. The van der Waals surface area contributed by atoms with Crippen molar-refractivity contribution < 1.29 is 14.3 Å². The van der Waals surface area contributed by atoms with Gasteiger partial charge in [0.25, 0.3) is 5.56 Å². The van der Waals surface area contributed by atoms with Crippen LogP contribution in [0.4, 0.5) is 10.8 Å². The van der Waals surface area contributed by atoms with Gasteiger partial charge in [0.2, 0.25) is 11.8 Å². The van der Waals surface area contributed by atoms with E-state index in [0.717, 1.165) is 25.8 Å². The molecule has 0 bridgehead atoms. The van der Waals surface area contributed by atoms with Crippen LogP contribution in [0.1, 0.15) is 26.2 Å². The summed E-state index contributed by atoms with van der Waals surface area (Å²) in [4.78, 5) is 48.8. The number of amides is 2. The maximum Gasteiger partial charge on any atom is 0.273 e. The lowest BCUT2D eigenvalue weighted by Crippen LogP contribution is -2.43. The van der Waals surface area contributed by atoms with Crippen molar-refractivity contribution >= 4 is 44.3 Å². The van der Waals surface area contributed by atoms with Crippen LogP contribution >= 0.6 is 11.3 Å². The standard InChI is InChI=1S/C23H28N6O4S/c1-3-9-24-21(31)15-6-5-10-28(12-15)23-27-20-19(34-23)22(32)29(14-25-20)13-18(30)26-16-7-4-8-17(11-16)33-2/h4,7-8,11,14-15H,3,5-6,9-10,12-13H2,1-2H3,(H,24,31)(H,26,30)/t15-/m1/s1. The molecule has 0 aliphatic carbocycles. The number of carbonyl (C=O) groups excluding carboxylic acids is 2. The van der Waals surface area contributed by atoms with Gasteiger partial charge in [0.1, 0.15) is 23.3 Å². The number of benzene rings is 1. The van der Waals surface area contributed by atoms with Crippen molar-refractivity contribution in [3.05, 3.63) is 40.9 Å². The number of aromatic nitrogens is 3. The van der Waals surface area contributed by atoms with E-state index in [2.05, 4.69) is 20.6 Å². The molecule has 0 radical (unpaired) electrons. The summed E-state index contributed by atoms with van der Waals surface area (Å²) < 4.78 is 6.83. The fourth-order valence-corrected chi connectivity index (χ4v) is 4.90. The molecule has 2 amide bonds. The first-order valence-electron chi connectivity index (χ1n) is 11.3. The van der Waals surface area contributed by atoms with Gasteiger partial charge in [0, 0.05) is 31.4 Å². The van der Waals surface area contributed by atoms with Crippen molar-refractivity contribution in [2.75, 3.05) is 37.0 Å². The van der Waals surface area contributed by atoms with Gasteiger partial charge in [-0.2, -0.15) is 4.98 Å². The molecule has 180 valence electrons. The van der Waals surface area contributed by atoms with Gasteiger partial charge >= 0.3 is 0 Å². The van der Waals surface area contributed by atoms with Crippen LogP contribution in [0.25, 0.3) is 10.3 Å². The van der Waals surface area contributed by atoms with E-state index in [1.807, 2.05) is 11.8 Å². The van der Waals surface area contributed by atoms with Crippen molar-refractivity contribution in [3.63, 3.8) is 0 Å². The van der Waals surface area contributed by atoms with Gasteiger partial charge in [0.05, 0.1) is 13.0 Å². The Labute approximate surface area is 201 Å². The Hall–Kier alpha value is -3.47. The Bertz CT molecular complexity index is 1240. The molecule has 1 fully saturated rings. The smallest absolute Gasteiger partial charge is 0.273 e. The molecule has 3 heterocycles. The number of hydrogen-bond donors (Lipinski definition) is 2. The molecular formula is C23H28N6O4S. The van der Waals surface area contributed by atoms with Gasteiger partial charge in [-0.05, 0) is 31.4 Å². The molecular weight excluding hydrogens is 456 g/mol. The lowest BCUT2D eigenvalue weighted by Gasteiger charge is -2.31. The second-order valence-electron chi connectivity index (χ2n) is 8.18. The highest BCUT2D eigenvalue weighted by molar-refractivity contribution is 7.22. The van der Waals surface area contributed by atoms with Crippen molar-refractivity contribution in [2.45, 2.75) is 32.7 Å². The van der Waals surface area contributed by atoms with E-state index in [1.165, 1.54) is 22.2 Å². The Kier molecular flexibility index (Phi) is 7.41. The Morgan fingerprint density at radius 2 is 2.18 bits per heavy atom. The number of nitrogens with zero attached hydrogens (tertiary/aromatic N) is 4. The number of rotatable bonds is 8. The van der Waals surface area contributed by atoms with E-state index in [0.29, 0.717) is 40.0 Å². The molecule has 1 saturated heterocycles. The van der Waals surface area contributed by atoms with E-state index >= 15 is 0 Å². The first kappa shape index (κ1) is 23.7. The summed E-state index contributed by atoms with van der Waals surface area (Å²) in [6.45, 7) is 3.86. The van der Waals surface area contributed by atoms with Crippen LogP contribution in [0.5, 0.6) is 5.75 Å². The molecule has 1 aliphatic heterocycles. The highest BCUT2D eigenvalue weighted by Crippen LogP contribution is 2.29. The zero-order valence-corrected chi connectivity index (χ0v) is 20.1. The molecule has 34 heavy (non-hydrogen) atoms. The highest BCUT2D eigenvalue weighted by Gasteiger charge is 2.27. The summed E-state index contributed by atoms with van der Waals surface area (Å²) in [6, 6.07) is 6.99. The summed E-state index contributed by atoms with van der Waals surface area (Å²) in [5.74, 6) is 0.240. The summed E-state index contributed by atoms with van der Waals surface area (Å²) in [5.41, 5.74) is 0.616. The third kappa shape index (κ3) is 5.36. The average molecular weight is 485 g/mol. The normalized spacial score (nSPS) is 15.8. The van der Waals surface area contributed by atoms with Gasteiger partial charge in [-0.25, -0.2) is 4.98 Å². The molecule has 3 aromatic rings. The summed E-state index contributed by atoms with van der Waals surface area (Å²) in [6.07, 6.45) is 3.96. The quantitative estimate of drug-likeness (QED) is 0.503. The van der Waals surface area contributed by atoms with Crippen LogP contribution in [0, 0.1) is 5.92 Å². The minimum atomic E-state index is -0.349. The number of carbonyl (C=O) groups is 2. The van der Waals surface area contributed by atoms with Gasteiger partial charge in [-0.15, -0.1) is 0 Å². The highest BCUT2D eigenvalue weighted by atomic mass is 32.1. The number of nitrogens with one attached hydrogen (secondary N) is 2. The average Bonchev–Trinajstić information content (AvgIpc) is 3.30. The largest absolute Gasteiger partial charge is 0.497 e. The number of fused-ring (bicyclic) bond motifs is 1. The maximum absolute atomic E-state index is 13.0. The van der Waals surface area contributed by atoms with Crippen LogP contribution in [-0.2, 0) is 16.1 Å². The van der Waals surface area contributed by atoms with Gasteiger partial charge < -0.3 is 20.3 Å². The molecule has 1 aromatic carbocycles. The number of anilines is 2. The number of ether oxygens (including phenoxy) is 1. The Morgan fingerprint density at radius 3 is 2.97 bits per heavy atom. The van der Waals surface area contributed by atoms with Crippen molar-refractivity contribution in [2.24, 2.45) is 5.92 Å². The van der Waals surface area contributed by atoms with Crippen LogP contribution < -0.4 is 25.8 Å². The molecule has 2 N–H and O–H groups in total. The SMILES string of the molecule is CCCNC(=O)[C@@H]1CCCN(c2nc3ncn(CC(=O)Nc4cccc(OC)c4)c(=O)c3s2)C1. The number of thiazole rings is 1. The lowest BCUT2D eigenvalue weighted by atomic mass is 9.97. The first-order valence-corrected chi connectivity index (χ1v) is 12.1. The van der Waals surface area contributed by atoms with Crippen LogP contribution in [0.3, 0.4) is 0 Å². The summed E-state index contributed by atoms with van der Waals surface area (Å²) in [5, 5.41) is 6.40. The number of piperidine rings is 1. The van der Waals surface area contributed by atoms with E-state index in [-0.39, 0.29) is 29.8 Å². The van der Waals surface area contributed by atoms with Gasteiger partial charge in [-0.3, -0.25) is 19.0 Å². The monoisotopic (exact) mass is 484 g/mol. The fourth-order valence-electron chi connectivity index (χ4n) is 3.90. The third-order valence-electron chi connectivity index (χ3n) is 5.65. The van der Waals surface area contributed by atoms with E-state index in [4.69, 9.17) is 4.74 Å². The molecule has 0 saturated carbocycles. The minimum Gasteiger partial charge on any atom is -0.497 e. The van der Waals surface area contributed by atoms with Crippen molar-refractivity contribution in [3.8, 4) is 5.75 Å². The minimum absolute atomic E-state index is 0.0650. The molecule has 11 heteroatoms. The number of hydrogen-bond acceptors (Lipinski definition) is 8. The molecule has 2 aromatic heterocycles. The molecule has 0 spiro atoms. The van der Waals surface area contributed by atoms with Crippen LogP contribution in [0.15, 0.2) is 35.4 Å². The van der Waals surface area contributed by atoms with E-state index in [9.17, 15) is 14.4 Å². The van der Waals surface area contributed by atoms with Crippen molar-refractivity contribution in [1.29, 1.82) is 0 Å². The maximum atomic E-state index is 13.0. The predicted octanol–water partition coefficient (Wildman–Crippen LogP) is 2.24. The zero-order chi connectivity index (χ0) is 24.1. The van der Waals surface area contributed by atoms with Crippen LogP contribution in [-0.4, -0.2) is 53.1 Å². The molecule has 0 unspecified atom stereocenters. The second kappa shape index (κ2) is 10.6. The second-order valence-corrected chi connectivity index (χ2v) is 9.16. The van der Waals surface area contributed by atoms with E-state index in [1.54, 1.807) is 31.4 Å². The van der Waals surface area contributed by atoms with E-state index < -0.39 is 0 Å². The third-order valence-corrected chi connectivity index (χ3v) is 6.75. The van der Waals surface area contributed by atoms with Crippen LogP contribution in [0.2, 0.25) is 0 Å². The summed E-state index contributed by atoms with van der Waals surface area (Å²) >= 11 is 1.25.